The summed E-state index contributed by atoms with van der Waals surface area (Å²) in [7, 11) is 4.01. The third-order valence-electron chi connectivity index (χ3n) is 3.70. The second-order valence-electron chi connectivity index (χ2n) is 5.67. The quantitative estimate of drug-likeness (QED) is 0.625. The molecule has 0 saturated heterocycles. The first-order chi connectivity index (χ1) is 9.99. The minimum Gasteiger partial charge on any atom is -0.312 e. The van der Waals surface area contributed by atoms with Gasteiger partial charge in [-0.1, -0.05) is 0 Å². The van der Waals surface area contributed by atoms with E-state index in [2.05, 4.69) is 10.2 Å². The SMILES string of the molecule is CC(=O)N1CCc2cc(C(=O)CNCCN(C)C)ccc21. The number of carbonyl (C=O) groups excluding carboxylic acids is 2. The van der Waals surface area contributed by atoms with E-state index in [1.165, 1.54) is 0 Å². The van der Waals surface area contributed by atoms with Crippen LogP contribution in [0.15, 0.2) is 18.2 Å². The zero-order chi connectivity index (χ0) is 15.4. The van der Waals surface area contributed by atoms with E-state index in [1.54, 1.807) is 11.8 Å². The van der Waals surface area contributed by atoms with Crippen LogP contribution in [-0.4, -0.2) is 56.9 Å². The normalized spacial score (nSPS) is 13.6. The molecule has 0 bridgehead atoms. The average Bonchev–Trinajstić information content (AvgIpc) is 2.86. The first kappa shape index (κ1) is 15.7. The highest BCUT2D eigenvalue weighted by Gasteiger charge is 2.22. The van der Waals surface area contributed by atoms with Crippen LogP contribution in [-0.2, 0) is 11.2 Å². The molecule has 0 spiro atoms. The van der Waals surface area contributed by atoms with Crippen molar-refractivity contribution in [2.24, 2.45) is 0 Å². The number of benzene rings is 1. The minimum absolute atomic E-state index is 0.0539. The monoisotopic (exact) mass is 289 g/mol. The third-order valence-corrected chi connectivity index (χ3v) is 3.70. The summed E-state index contributed by atoms with van der Waals surface area (Å²) in [5.41, 5.74) is 2.75. The van der Waals surface area contributed by atoms with Gasteiger partial charge in [-0.3, -0.25) is 9.59 Å². The summed E-state index contributed by atoms with van der Waals surface area (Å²) in [4.78, 5) is 27.5. The largest absolute Gasteiger partial charge is 0.312 e. The number of likely N-dealkylation sites (N-methyl/N-ethyl adjacent to an activating group) is 1. The predicted molar refractivity (Wildman–Crippen MR) is 83.9 cm³/mol. The molecule has 0 saturated carbocycles. The highest BCUT2D eigenvalue weighted by molar-refractivity contribution is 5.99. The van der Waals surface area contributed by atoms with Crippen molar-refractivity contribution < 1.29 is 9.59 Å². The highest BCUT2D eigenvalue weighted by Crippen LogP contribution is 2.28. The molecule has 5 nitrogen and oxygen atoms in total. The van der Waals surface area contributed by atoms with Crippen LogP contribution < -0.4 is 10.2 Å². The fourth-order valence-electron chi connectivity index (χ4n) is 2.51. The molecule has 1 aliphatic heterocycles. The average molecular weight is 289 g/mol. The number of nitrogens with zero attached hydrogens (tertiary/aromatic N) is 2. The Bertz CT molecular complexity index is 540. The summed E-state index contributed by atoms with van der Waals surface area (Å²) in [6.45, 7) is 4.34. The molecular weight excluding hydrogens is 266 g/mol. The smallest absolute Gasteiger partial charge is 0.223 e. The van der Waals surface area contributed by atoms with Crippen molar-refractivity contribution in [2.75, 3.05) is 45.2 Å². The van der Waals surface area contributed by atoms with E-state index in [-0.39, 0.29) is 11.7 Å². The maximum Gasteiger partial charge on any atom is 0.223 e. The fourth-order valence-corrected chi connectivity index (χ4v) is 2.51. The first-order valence-corrected chi connectivity index (χ1v) is 7.28. The zero-order valence-electron chi connectivity index (χ0n) is 13.0. The van der Waals surface area contributed by atoms with Gasteiger partial charge in [0.05, 0.1) is 6.54 Å². The van der Waals surface area contributed by atoms with E-state index >= 15 is 0 Å². The zero-order valence-corrected chi connectivity index (χ0v) is 13.0. The Labute approximate surface area is 125 Å². The van der Waals surface area contributed by atoms with Gasteiger partial charge in [0.1, 0.15) is 0 Å². The van der Waals surface area contributed by atoms with Crippen LogP contribution in [0.1, 0.15) is 22.8 Å². The molecule has 0 fully saturated rings. The summed E-state index contributed by atoms with van der Waals surface area (Å²) in [5, 5.41) is 3.15. The van der Waals surface area contributed by atoms with Crippen molar-refractivity contribution in [1.29, 1.82) is 0 Å². The van der Waals surface area contributed by atoms with E-state index < -0.39 is 0 Å². The van der Waals surface area contributed by atoms with Crippen LogP contribution >= 0.6 is 0 Å². The molecule has 0 aromatic heterocycles. The lowest BCUT2D eigenvalue weighted by molar-refractivity contribution is -0.116. The van der Waals surface area contributed by atoms with E-state index in [1.807, 2.05) is 32.3 Å². The molecule has 0 unspecified atom stereocenters. The maximum absolute atomic E-state index is 12.1. The summed E-state index contributed by atoms with van der Waals surface area (Å²) < 4.78 is 0. The summed E-state index contributed by atoms with van der Waals surface area (Å²) >= 11 is 0. The molecule has 21 heavy (non-hydrogen) atoms. The summed E-state index contributed by atoms with van der Waals surface area (Å²) in [5.74, 6) is 0.149. The molecule has 1 amide bonds. The van der Waals surface area contributed by atoms with Crippen LogP contribution in [0.25, 0.3) is 0 Å². The molecule has 5 heteroatoms. The fraction of sp³-hybridized carbons (Fsp3) is 0.500. The Morgan fingerprint density at radius 3 is 2.76 bits per heavy atom. The van der Waals surface area contributed by atoms with E-state index in [9.17, 15) is 9.59 Å². The lowest BCUT2D eigenvalue weighted by atomic mass is 10.1. The molecule has 0 radical (unpaired) electrons. The van der Waals surface area contributed by atoms with Gasteiger partial charge in [0.25, 0.3) is 0 Å². The van der Waals surface area contributed by atoms with Gasteiger partial charge in [0.2, 0.25) is 5.91 Å². The van der Waals surface area contributed by atoms with Crippen molar-refractivity contribution in [2.45, 2.75) is 13.3 Å². The Morgan fingerprint density at radius 1 is 1.33 bits per heavy atom. The summed E-state index contributed by atoms with van der Waals surface area (Å²) in [6, 6.07) is 5.63. The standard InChI is InChI=1S/C16H23N3O2/c1-12(20)19-8-6-13-10-14(4-5-15(13)19)16(21)11-17-7-9-18(2)3/h4-5,10,17H,6-9,11H2,1-3H3. The topological polar surface area (TPSA) is 52.7 Å². The first-order valence-electron chi connectivity index (χ1n) is 7.28. The predicted octanol–water partition coefficient (Wildman–Crippen LogP) is 0.930. The summed E-state index contributed by atoms with van der Waals surface area (Å²) in [6.07, 6.45) is 0.824. The number of fused-ring (bicyclic) bond motifs is 1. The van der Waals surface area contributed by atoms with Crippen LogP contribution in [0.5, 0.6) is 0 Å². The Hall–Kier alpha value is -1.72. The second kappa shape index (κ2) is 6.83. The number of carbonyl (C=O) groups is 2. The number of hydrogen-bond donors (Lipinski definition) is 1. The Balaban J connectivity index is 1.96. The van der Waals surface area contributed by atoms with Crippen molar-refractivity contribution in [3.05, 3.63) is 29.3 Å². The van der Waals surface area contributed by atoms with Gasteiger partial charge in [-0.05, 0) is 44.3 Å². The molecule has 2 rings (SSSR count). The minimum atomic E-state index is 0.0539. The van der Waals surface area contributed by atoms with Gasteiger partial charge in [-0.25, -0.2) is 0 Å². The molecule has 1 aromatic carbocycles. The van der Waals surface area contributed by atoms with Crippen LogP contribution in [0.4, 0.5) is 5.69 Å². The number of nitrogens with one attached hydrogen (secondary N) is 1. The van der Waals surface area contributed by atoms with Gasteiger partial charge < -0.3 is 15.1 Å². The molecule has 0 atom stereocenters. The number of rotatable bonds is 6. The van der Waals surface area contributed by atoms with Gasteiger partial charge in [-0.15, -0.1) is 0 Å². The van der Waals surface area contributed by atoms with E-state index in [0.717, 1.165) is 36.3 Å². The Kier molecular flexibility index (Phi) is 5.09. The number of Topliss-reactive ketones (excluding diaryl/α,β-unsaturated/α-hetero) is 1. The van der Waals surface area contributed by atoms with Gasteiger partial charge in [0.15, 0.2) is 5.78 Å². The highest BCUT2D eigenvalue weighted by atomic mass is 16.2. The van der Waals surface area contributed by atoms with E-state index in [0.29, 0.717) is 13.1 Å². The molecule has 0 aliphatic carbocycles. The molecule has 1 heterocycles. The van der Waals surface area contributed by atoms with Gasteiger partial charge in [0, 0.05) is 37.8 Å². The number of amides is 1. The number of hydrogen-bond acceptors (Lipinski definition) is 4. The second-order valence-corrected chi connectivity index (χ2v) is 5.67. The van der Waals surface area contributed by atoms with Crippen molar-refractivity contribution in [1.82, 2.24) is 10.2 Å². The molecule has 1 aliphatic rings. The molecule has 1 aromatic rings. The van der Waals surface area contributed by atoms with Gasteiger partial charge >= 0.3 is 0 Å². The number of ketones is 1. The van der Waals surface area contributed by atoms with Crippen molar-refractivity contribution in [3.8, 4) is 0 Å². The molecular formula is C16H23N3O2. The van der Waals surface area contributed by atoms with E-state index in [4.69, 9.17) is 0 Å². The Morgan fingerprint density at radius 2 is 2.10 bits per heavy atom. The molecule has 1 N–H and O–H groups in total. The van der Waals surface area contributed by atoms with Crippen molar-refractivity contribution >= 4 is 17.4 Å². The van der Waals surface area contributed by atoms with Crippen LogP contribution in [0.2, 0.25) is 0 Å². The van der Waals surface area contributed by atoms with Gasteiger partial charge in [-0.2, -0.15) is 0 Å². The van der Waals surface area contributed by atoms with Crippen molar-refractivity contribution in [3.63, 3.8) is 0 Å². The number of anilines is 1. The lowest BCUT2D eigenvalue weighted by Gasteiger charge is -2.14. The van der Waals surface area contributed by atoms with Crippen LogP contribution in [0.3, 0.4) is 0 Å². The van der Waals surface area contributed by atoms with Crippen LogP contribution in [0, 0.1) is 0 Å². The lowest BCUT2D eigenvalue weighted by Crippen LogP contribution is -2.30. The third kappa shape index (κ3) is 3.89. The maximum atomic E-state index is 12.1. The molecule has 114 valence electrons.